The van der Waals surface area contributed by atoms with Crippen LogP contribution in [0.4, 0.5) is 0 Å². The van der Waals surface area contributed by atoms with Crippen molar-refractivity contribution in [3.8, 4) is 0 Å². The summed E-state index contributed by atoms with van der Waals surface area (Å²) in [5, 5.41) is 3.46. The van der Waals surface area contributed by atoms with Crippen LogP contribution in [0.15, 0.2) is 0 Å². The van der Waals surface area contributed by atoms with Crippen molar-refractivity contribution >= 4 is 17.5 Å². The Bertz CT molecular complexity index is 232. The van der Waals surface area contributed by atoms with Gasteiger partial charge in [-0.15, -0.1) is 11.6 Å². The topological polar surface area (TPSA) is 29.1 Å². The van der Waals surface area contributed by atoms with Gasteiger partial charge in [0.25, 0.3) is 0 Å². The molecule has 0 atom stereocenters. The van der Waals surface area contributed by atoms with Gasteiger partial charge in [0.2, 0.25) is 5.91 Å². The second-order valence-electron chi connectivity index (χ2n) is 5.42. The Morgan fingerprint density at radius 2 is 1.75 bits per heavy atom. The maximum absolute atomic E-state index is 11.6. The lowest BCUT2D eigenvalue weighted by Crippen LogP contribution is -2.33. The molecule has 92 valence electrons. The number of rotatable bonds is 4. The van der Waals surface area contributed by atoms with Crippen LogP contribution in [0.25, 0.3) is 0 Å². The molecule has 0 bridgehead atoms. The van der Waals surface area contributed by atoms with Gasteiger partial charge in [0, 0.05) is 18.3 Å². The zero-order chi connectivity index (χ0) is 11.4. The van der Waals surface area contributed by atoms with Gasteiger partial charge < -0.3 is 5.32 Å². The number of alkyl halides is 1. The molecule has 0 aliphatic heterocycles. The van der Waals surface area contributed by atoms with E-state index in [1.165, 1.54) is 32.1 Å². The summed E-state index contributed by atoms with van der Waals surface area (Å²) < 4.78 is 0. The van der Waals surface area contributed by atoms with E-state index in [1.807, 2.05) is 0 Å². The van der Waals surface area contributed by atoms with E-state index in [9.17, 15) is 4.79 Å². The lowest BCUT2D eigenvalue weighted by molar-refractivity contribution is -0.122. The van der Waals surface area contributed by atoms with Gasteiger partial charge in [-0.2, -0.15) is 0 Å². The summed E-state index contributed by atoms with van der Waals surface area (Å²) in [6, 6.07) is 0. The van der Waals surface area contributed by atoms with Crippen LogP contribution in [-0.2, 0) is 4.79 Å². The van der Waals surface area contributed by atoms with Gasteiger partial charge in [-0.3, -0.25) is 4.79 Å². The van der Waals surface area contributed by atoms with E-state index < -0.39 is 0 Å². The molecule has 0 saturated heterocycles. The number of halogens is 1. The van der Waals surface area contributed by atoms with Crippen molar-refractivity contribution < 1.29 is 4.79 Å². The fourth-order valence-corrected chi connectivity index (χ4v) is 2.87. The van der Waals surface area contributed by atoms with Crippen LogP contribution in [-0.4, -0.2) is 17.8 Å². The van der Waals surface area contributed by atoms with E-state index in [1.54, 1.807) is 0 Å². The number of carbonyl (C=O) groups excluding carboxylic acids is 1. The third-order valence-corrected chi connectivity index (χ3v) is 4.50. The van der Waals surface area contributed by atoms with E-state index in [-0.39, 0.29) is 5.91 Å². The molecule has 2 rings (SSSR count). The number of carbonyl (C=O) groups is 1. The molecule has 3 heteroatoms. The fourth-order valence-electron chi connectivity index (χ4n) is 2.62. The molecule has 2 saturated carbocycles. The Hall–Kier alpha value is -0.240. The first-order chi connectivity index (χ1) is 7.74. The number of hydrogen-bond acceptors (Lipinski definition) is 1. The molecule has 16 heavy (non-hydrogen) atoms. The molecule has 0 unspecified atom stereocenters. The van der Waals surface area contributed by atoms with Gasteiger partial charge in [0.05, 0.1) is 0 Å². The van der Waals surface area contributed by atoms with Crippen LogP contribution in [0.2, 0.25) is 0 Å². The summed E-state index contributed by atoms with van der Waals surface area (Å²) in [5.41, 5.74) is 0. The minimum absolute atomic E-state index is 0.262. The summed E-state index contributed by atoms with van der Waals surface area (Å²) in [4.78, 5) is 11.6. The van der Waals surface area contributed by atoms with Crippen LogP contribution >= 0.6 is 11.6 Å². The quantitative estimate of drug-likeness (QED) is 0.756. The molecule has 2 aliphatic carbocycles. The van der Waals surface area contributed by atoms with Crippen LogP contribution in [0.3, 0.4) is 0 Å². The lowest BCUT2D eigenvalue weighted by atomic mass is 9.82. The Morgan fingerprint density at radius 3 is 2.31 bits per heavy atom. The van der Waals surface area contributed by atoms with Crippen LogP contribution in [0, 0.1) is 11.8 Å². The normalized spacial score (nSPS) is 30.8. The van der Waals surface area contributed by atoms with Crippen molar-refractivity contribution in [2.45, 2.75) is 56.7 Å². The number of nitrogens with one attached hydrogen (secondary N) is 1. The van der Waals surface area contributed by atoms with Crippen molar-refractivity contribution in [1.29, 1.82) is 0 Å². The minimum atomic E-state index is 0.262. The van der Waals surface area contributed by atoms with Crippen LogP contribution in [0.1, 0.15) is 51.4 Å². The molecule has 2 fully saturated rings. The zero-order valence-electron chi connectivity index (χ0n) is 9.88. The van der Waals surface area contributed by atoms with Crippen molar-refractivity contribution in [3.63, 3.8) is 0 Å². The molecule has 0 radical (unpaired) electrons. The van der Waals surface area contributed by atoms with Crippen molar-refractivity contribution in [1.82, 2.24) is 5.32 Å². The third kappa shape index (κ3) is 3.65. The fraction of sp³-hybridized carbons (Fsp3) is 0.923. The maximum atomic E-state index is 11.6. The standard InChI is InChI=1S/C13H22ClNO/c14-12-6-4-11(5-7-12)9-15-13(16)8-10-2-1-3-10/h10-12H,1-9H2,(H,15,16). The summed E-state index contributed by atoms with van der Waals surface area (Å²) in [5.74, 6) is 1.61. The summed E-state index contributed by atoms with van der Waals surface area (Å²) in [6.45, 7) is 0.870. The van der Waals surface area contributed by atoms with Gasteiger partial charge >= 0.3 is 0 Å². The Kier molecular flexibility index (Phi) is 4.51. The Balaban J connectivity index is 1.57. The van der Waals surface area contributed by atoms with Gasteiger partial charge in [-0.1, -0.05) is 6.42 Å². The maximum Gasteiger partial charge on any atom is 0.220 e. The molecule has 0 aromatic heterocycles. The van der Waals surface area contributed by atoms with Gasteiger partial charge in [0.1, 0.15) is 0 Å². The lowest BCUT2D eigenvalue weighted by Gasteiger charge is -2.27. The molecule has 0 heterocycles. The molecule has 2 nitrogen and oxygen atoms in total. The highest BCUT2D eigenvalue weighted by molar-refractivity contribution is 6.20. The molecule has 0 spiro atoms. The summed E-state index contributed by atoms with van der Waals surface area (Å²) in [7, 11) is 0. The molecule has 1 amide bonds. The smallest absolute Gasteiger partial charge is 0.220 e. The van der Waals surface area contributed by atoms with E-state index in [4.69, 9.17) is 11.6 Å². The molecular formula is C13H22ClNO. The first-order valence-electron chi connectivity index (χ1n) is 6.65. The monoisotopic (exact) mass is 243 g/mol. The molecule has 1 N–H and O–H groups in total. The Morgan fingerprint density at radius 1 is 1.06 bits per heavy atom. The Labute approximate surface area is 103 Å². The number of amides is 1. The second-order valence-corrected chi connectivity index (χ2v) is 6.04. The molecular weight excluding hydrogens is 222 g/mol. The van der Waals surface area contributed by atoms with E-state index in [0.29, 0.717) is 17.2 Å². The minimum Gasteiger partial charge on any atom is -0.356 e. The van der Waals surface area contributed by atoms with Crippen molar-refractivity contribution in [2.24, 2.45) is 11.8 Å². The summed E-state index contributed by atoms with van der Waals surface area (Å²) in [6.07, 6.45) is 9.17. The average molecular weight is 244 g/mol. The first kappa shape index (κ1) is 12.2. The van der Waals surface area contributed by atoms with Gasteiger partial charge in [-0.05, 0) is 50.4 Å². The molecule has 2 aliphatic rings. The van der Waals surface area contributed by atoms with Gasteiger partial charge in [-0.25, -0.2) is 0 Å². The predicted molar refractivity (Wildman–Crippen MR) is 66.6 cm³/mol. The highest BCUT2D eigenvalue weighted by Crippen LogP contribution is 2.29. The predicted octanol–water partition coefficient (Wildman–Crippen LogP) is 3.09. The molecule has 0 aromatic carbocycles. The van der Waals surface area contributed by atoms with Crippen LogP contribution < -0.4 is 5.32 Å². The largest absolute Gasteiger partial charge is 0.356 e. The van der Waals surface area contributed by atoms with Crippen molar-refractivity contribution in [2.75, 3.05) is 6.54 Å². The number of hydrogen-bond donors (Lipinski definition) is 1. The van der Waals surface area contributed by atoms with E-state index in [0.717, 1.165) is 25.8 Å². The molecule has 0 aromatic rings. The van der Waals surface area contributed by atoms with Crippen molar-refractivity contribution in [3.05, 3.63) is 0 Å². The van der Waals surface area contributed by atoms with Gasteiger partial charge in [0.15, 0.2) is 0 Å². The first-order valence-corrected chi connectivity index (χ1v) is 7.08. The second kappa shape index (κ2) is 5.90. The highest BCUT2D eigenvalue weighted by Gasteiger charge is 2.22. The SMILES string of the molecule is O=C(CC1CCC1)NCC1CCC(Cl)CC1. The third-order valence-electron chi connectivity index (χ3n) is 4.06. The van der Waals surface area contributed by atoms with Crippen LogP contribution in [0.5, 0.6) is 0 Å². The van der Waals surface area contributed by atoms with E-state index in [2.05, 4.69) is 5.32 Å². The zero-order valence-corrected chi connectivity index (χ0v) is 10.6. The van der Waals surface area contributed by atoms with E-state index >= 15 is 0 Å². The summed E-state index contributed by atoms with van der Waals surface area (Å²) >= 11 is 6.05. The highest BCUT2D eigenvalue weighted by atomic mass is 35.5. The average Bonchev–Trinajstić information content (AvgIpc) is 2.23.